The number of rotatable bonds is 5. The molecule has 0 aliphatic carbocycles. The van der Waals surface area contributed by atoms with Crippen LogP contribution in [0.25, 0.3) is 11.5 Å². The minimum absolute atomic E-state index is 0.119. The Bertz CT molecular complexity index is 695. The van der Waals surface area contributed by atoms with E-state index in [0.717, 1.165) is 0 Å². The summed E-state index contributed by atoms with van der Waals surface area (Å²) in [7, 11) is 1.58. The number of nitrogens with one attached hydrogen (secondary N) is 1. The maximum atomic E-state index is 9.08. The molecule has 1 aromatic carbocycles. The smallest absolute Gasteiger partial charge is 0.232 e. The van der Waals surface area contributed by atoms with E-state index >= 15 is 0 Å². The van der Waals surface area contributed by atoms with E-state index < -0.39 is 0 Å². The summed E-state index contributed by atoms with van der Waals surface area (Å²) < 4.78 is 10.4. The molecule has 0 aliphatic rings. The fraction of sp³-hybridized carbons (Fsp3) is 0.231. The van der Waals surface area contributed by atoms with E-state index in [9.17, 15) is 0 Å². The van der Waals surface area contributed by atoms with Crippen molar-refractivity contribution in [2.24, 2.45) is 0 Å². The molecule has 0 fully saturated rings. The Morgan fingerprint density at radius 1 is 1.38 bits per heavy atom. The van der Waals surface area contributed by atoms with Gasteiger partial charge in [-0.25, -0.2) is 0 Å². The molecule has 0 aliphatic heterocycles. The molecule has 0 unspecified atom stereocenters. The molecule has 0 radical (unpaired) electrons. The van der Waals surface area contributed by atoms with Gasteiger partial charge in [0.15, 0.2) is 0 Å². The normalized spacial score (nSPS) is 10.4. The average Bonchev–Trinajstić information content (AvgIpc) is 2.86. The first kappa shape index (κ1) is 15.9. The lowest BCUT2D eigenvalue weighted by molar-refractivity contribution is 0.210. The molecule has 1 N–H and O–H groups in total. The second kappa shape index (κ2) is 7.01. The highest BCUT2D eigenvalue weighted by molar-refractivity contribution is 6.44. The zero-order valence-corrected chi connectivity index (χ0v) is 13.2. The highest BCUT2D eigenvalue weighted by atomic mass is 35.5. The van der Waals surface area contributed by atoms with Gasteiger partial charge in [-0.2, -0.15) is 10.2 Å². The van der Waals surface area contributed by atoms with Gasteiger partial charge in [-0.05, 0) is 12.1 Å². The van der Waals surface area contributed by atoms with E-state index in [2.05, 4.69) is 10.3 Å². The van der Waals surface area contributed by atoms with Gasteiger partial charge in [-0.1, -0.05) is 34.8 Å². The van der Waals surface area contributed by atoms with Gasteiger partial charge in [0.1, 0.15) is 6.07 Å². The molecule has 8 heteroatoms. The number of hydrogen-bond acceptors (Lipinski definition) is 5. The number of benzene rings is 1. The fourth-order valence-corrected chi connectivity index (χ4v) is 2.29. The van der Waals surface area contributed by atoms with Gasteiger partial charge >= 0.3 is 0 Å². The number of aromatic nitrogens is 1. The molecule has 0 saturated carbocycles. The lowest BCUT2D eigenvalue weighted by Crippen LogP contribution is -2.07. The van der Waals surface area contributed by atoms with Crippen molar-refractivity contribution in [3.8, 4) is 17.5 Å². The zero-order chi connectivity index (χ0) is 15.4. The van der Waals surface area contributed by atoms with Crippen LogP contribution >= 0.6 is 34.8 Å². The van der Waals surface area contributed by atoms with E-state index in [1.807, 2.05) is 6.07 Å². The minimum atomic E-state index is 0.119. The predicted molar refractivity (Wildman–Crippen MR) is 82.0 cm³/mol. The molecule has 0 spiro atoms. The summed E-state index contributed by atoms with van der Waals surface area (Å²) in [6.45, 7) is 0.939. The van der Waals surface area contributed by atoms with Gasteiger partial charge in [0.2, 0.25) is 17.5 Å². The first-order chi connectivity index (χ1) is 10.1. The van der Waals surface area contributed by atoms with Crippen LogP contribution in [0.3, 0.4) is 0 Å². The van der Waals surface area contributed by atoms with Crippen LogP contribution < -0.4 is 5.32 Å². The Morgan fingerprint density at radius 3 is 2.81 bits per heavy atom. The van der Waals surface area contributed by atoms with Gasteiger partial charge in [0.05, 0.1) is 22.2 Å². The van der Waals surface area contributed by atoms with E-state index in [4.69, 9.17) is 49.2 Å². The number of oxazole rings is 1. The molecule has 1 heterocycles. The Labute approximate surface area is 136 Å². The van der Waals surface area contributed by atoms with Gasteiger partial charge < -0.3 is 14.5 Å². The number of halogens is 3. The summed E-state index contributed by atoms with van der Waals surface area (Å²) in [5.41, 5.74) is 0.540. The van der Waals surface area contributed by atoms with E-state index in [-0.39, 0.29) is 27.5 Å². The quantitative estimate of drug-likeness (QED) is 0.648. The molecular weight excluding hydrogens is 337 g/mol. The van der Waals surface area contributed by atoms with Crippen molar-refractivity contribution in [2.45, 2.75) is 0 Å². The largest absolute Gasteiger partial charge is 0.419 e. The molecule has 0 atom stereocenters. The third-order valence-electron chi connectivity index (χ3n) is 2.55. The summed E-state index contributed by atoms with van der Waals surface area (Å²) in [5, 5.41) is 12.9. The van der Waals surface area contributed by atoms with Crippen LogP contribution in [0.2, 0.25) is 15.1 Å². The number of nitrogens with zero attached hydrogens (tertiary/aromatic N) is 2. The van der Waals surface area contributed by atoms with E-state index in [1.165, 1.54) is 6.07 Å². The van der Waals surface area contributed by atoms with E-state index in [1.54, 1.807) is 13.2 Å². The first-order valence-electron chi connectivity index (χ1n) is 5.85. The summed E-state index contributed by atoms with van der Waals surface area (Å²) >= 11 is 18.0. The van der Waals surface area contributed by atoms with Crippen molar-refractivity contribution in [3.63, 3.8) is 0 Å². The maximum absolute atomic E-state index is 9.08. The molecule has 0 saturated heterocycles. The molecule has 2 aromatic rings. The van der Waals surface area contributed by atoms with Gasteiger partial charge in [0, 0.05) is 18.7 Å². The fourth-order valence-electron chi connectivity index (χ4n) is 1.61. The highest BCUT2D eigenvalue weighted by Crippen LogP contribution is 2.37. The topological polar surface area (TPSA) is 71.1 Å². The first-order valence-corrected chi connectivity index (χ1v) is 6.99. The third-order valence-corrected chi connectivity index (χ3v) is 3.57. The average molecular weight is 347 g/mol. The number of hydrogen-bond donors (Lipinski definition) is 1. The van der Waals surface area contributed by atoms with Crippen LogP contribution in [0.4, 0.5) is 5.88 Å². The predicted octanol–water partition coefficient (Wildman–Crippen LogP) is 4.23. The second-order valence-electron chi connectivity index (χ2n) is 3.98. The van der Waals surface area contributed by atoms with Crippen LogP contribution in [0.15, 0.2) is 16.5 Å². The van der Waals surface area contributed by atoms with Crippen molar-refractivity contribution in [1.29, 1.82) is 5.26 Å². The second-order valence-corrected chi connectivity index (χ2v) is 5.20. The number of nitriles is 1. The molecule has 2 rings (SSSR count). The summed E-state index contributed by atoms with van der Waals surface area (Å²) in [6.07, 6.45) is 0. The van der Waals surface area contributed by atoms with Crippen LogP contribution in [0, 0.1) is 11.3 Å². The molecule has 0 bridgehead atoms. The van der Waals surface area contributed by atoms with Gasteiger partial charge in [-0.15, -0.1) is 0 Å². The monoisotopic (exact) mass is 345 g/mol. The van der Waals surface area contributed by atoms with Crippen LogP contribution in [0.5, 0.6) is 0 Å². The van der Waals surface area contributed by atoms with Gasteiger partial charge in [-0.3, -0.25) is 0 Å². The molecule has 5 nitrogen and oxygen atoms in total. The van der Waals surface area contributed by atoms with Crippen molar-refractivity contribution in [1.82, 2.24) is 4.98 Å². The van der Waals surface area contributed by atoms with E-state index in [0.29, 0.717) is 23.7 Å². The maximum Gasteiger partial charge on any atom is 0.232 e. The van der Waals surface area contributed by atoms with Crippen molar-refractivity contribution in [3.05, 3.63) is 32.9 Å². The van der Waals surface area contributed by atoms with Crippen LogP contribution in [0.1, 0.15) is 5.69 Å². The van der Waals surface area contributed by atoms with Crippen molar-refractivity contribution in [2.75, 3.05) is 25.6 Å². The Balaban J connectivity index is 2.39. The molecule has 110 valence electrons. The van der Waals surface area contributed by atoms with Crippen molar-refractivity contribution >= 4 is 40.7 Å². The Hall–Kier alpha value is -1.45. The van der Waals surface area contributed by atoms with Crippen molar-refractivity contribution < 1.29 is 9.15 Å². The zero-order valence-electron chi connectivity index (χ0n) is 10.9. The number of methoxy groups -OCH3 is 1. The molecule has 21 heavy (non-hydrogen) atoms. The Morgan fingerprint density at radius 2 is 2.14 bits per heavy atom. The lowest BCUT2D eigenvalue weighted by Gasteiger charge is -2.03. The van der Waals surface area contributed by atoms with Crippen LogP contribution in [-0.4, -0.2) is 25.2 Å². The summed E-state index contributed by atoms with van der Waals surface area (Å²) in [6, 6.07) is 5.03. The molecular formula is C13H10Cl3N3O2. The summed E-state index contributed by atoms with van der Waals surface area (Å²) in [5.74, 6) is 0.414. The van der Waals surface area contributed by atoms with Gasteiger partial charge in [0.25, 0.3) is 0 Å². The third kappa shape index (κ3) is 3.60. The number of anilines is 1. The summed E-state index contributed by atoms with van der Waals surface area (Å²) in [4.78, 5) is 4.09. The highest BCUT2D eigenvalue weighted by Gasteiger charge is 2.18. The minimum Gasteiger partial charge on any atom is -0.419 e. The standard InChI is InChI=1S/C13H10Cl3N3O2/c1-20-3-2-18-13-10(6-17)19-12(21-13)8-4-7(14)5-9(15)11(8)16/h4-5,18H,2-3H2,1H3. The molecule has 1 aromatic heterocycles. The van der Waals surface area contributed by atoms with Crippen LogP contribution in [-0.2, 0) is 4.74 Å². The molecule has 0 amide bonds. The SMILES string of the molecule is COCCNc1oc(-c2cc(Cl)cc(Cl)c2Cl)nc1C#N. The Kier molecular flexibility index (Phi) is 5.32. The lowest BCUT2D eigenvalue weighted by atomic mass is 10.2. The number of ether oxygens (including phenoxy) is 1.